The van der Waals surface area contributed by atoms with Gasteiger partial charge in [-0.15, -0.1) is 0 Å². The van der Waals surface area contributed by atoms with Crippen molar-refractivity contribution in [1.82, 2.24) is 10.6 Å². The normalized spacial score (nSPS) is 19.6. The summed E-state index contributed by atoms with van der Waals surface area (Å²) in [6, 6.07) is 8.47. The Kier molecular flexibility index (Phi) is 8.09. The average molecular weight is 384 g/mol. The van der Waals surface area contributed by atoms with E-state index in [1.165, 1.54) is 18.6 Å². The molecule has 2 N–H and O–H groups in total. The number of guanidine groups is 1. The first-order chi connectivity index (χ1) is 12.0. The Morgan fingerprint density at radius 1 is 1.32 bits per heavy atom. The molecule has 25 heavy (non-hydrogen) atoms. The van der Waals surface area contributed by atoms with Crippen LogP contribution < -0.4 is 10.6 Å². The second kappa shape index (κ2) is 10.1. The lowest BCUT2D eigenvalue weighted by molar-refractivity contribution is 0.568. The molecule has 7 heteroatoms. The van der Waals surface area contributed by atoms with E-state index in [0.717, 1.165) is 13.1 Å². The van der Waals surface area contributed by atoms with Crippen LogP contribution in [0.25, 0.3) is 0 Å². The van der Waals surface area contributed by atoms with Crippen molar-refractivity contribution in [1.29, 1.82) is 0 Å². The van der Waals surface area contributed by atoms with Crippen LogP contribution in [-0.2, 0) is 9.84 Å². The molecule has 0 aliphatic carbocycles. The van der Waals surface area contributed by atoms with Crippen LogP contribution >= 0.6 is 11.8 Å². The van der Waals surface area contributed by atoms with Crippen molar-refractivity contribution >= 4 is 27.6 Å². The molecule has 1 aromatic rings. The van der Waals surface area contributed by atoms with Gasteiger partial charge in [0.1, 0.15) is 0 Å². The number of thioether (sulfide) groups is 1. The van der Waals surface area contributed by atoms with E-state index in [4.69, 9.17) is 0 Å². The topological polar surface area (TPSA) is 70.6 Å². The molecule has 1 aromatic carbocycles. The number of nitrogens with one attached hydrogen (secondary N) is 2. The second-order valence-corrected chi connectivity index (χ2v) is 9.64. The zero-order valence-electron chi connectivity index (χ0n) is 15.1. The summed E-state index contributed by atoms with van der Waals surface area (Å²) in [5, 5.41) is 7.12. The lowest BCUT2D eigenvalue weighted by Gasteiger charge is -2.20. The molecule has 1 aliphatic heterocycles. The van der Waals surface area contributed by atoms with Crippen LogP contribution in [0.3, 0.4) is 0 Å². The lowest BCUT2D eigenvalue weighted by atomic mass is 10.2. The Labute approximate surface area is 156 Å². The summed E-state index contributed by atoms with van der Waals surface area (Å²) in [6.45, 7) is 5.55. The van der Waals surface area contributed by atoms with Crippen molar-refractivity contribution in [3.8, 4) is 0 Å². The van der Waals surface area contributed by atoms with E-state index in [2.05, 4.69) is 15.6 Å². The molecule has 2 atom stereocenters. The van der Waals surface area contributed by atoms with Crippen LogP contribution in [0.15, 0.2) is 40.2 Å². The molecule has 1 heterocycles. The van der Waals surface area contributed by atoms with Crippen molar-refractivity contribution in [3.05, 3.63) is 30.3 Å². The highest BCUT2D eigenvalue weighted by atomic mass is 32.2. The molecule has 1 saturated heterocycles. The molecule has 0 radical (unpaired) electrons. The summed E-state index contributed by atoms with van der Waals surface area (Å²) >= 11 is 1.98. The van der Waals surface area contributed by atoms with Gasteiger partial charge in [-0.2, -0.15) is 11.8 Å². The molecule has 5 nitrogen and oxygen atoms in total. The Bertz CT molecular complexity index is 642. The summed E-state index contributed by atoms with van der Waals surface area (Å²) in [5.41, 5.74) is 0. The summed E-state index contributed by atoms with van der Waals surface area (Å²) in [6.07, 6.45) is 3.20. The van der Waals surface area contributed by atoms with Gasteiger partial charge in [0.2, 0.25) is 0 Å². The lowest BCUT2D eigenvalue weighted by Crippen LogP contribution is -2.46. The summed E-state index contributed by atoms with van der Waals surface area (Å²) < 4.78 is 25.2. The van der Waals surface area contributed by atoms with Gasteiger partial charge < -0.3 is 10.6 Å². The number of rotatable bonds is 8. The standard InChI is InChI=1S/C18H29N3O2S2/c1-3-15(14-25(22,23)17-10-6-5-7-11-17)21-18(19-4-2)20-13-16-9-8-12-24-16/h5-7,10-11,15-16H,3-4,8-9,12-14H2,1-2H3,(H2,19,20,21). The smallest absolute Gasteiger partial charge is 0.191 e. The summed E-state index contributed by atoms with van der Waals surface area (Å²) in [7, 11) is -3.31. The fourth-order valence-electron chi connectivity index (χ4n) is 2.75. The number of hydrogen-bond acceptors (Lipinski definition) is 4. The maximum absolute atomic E-state index is 12.6. The zero-order chi connectivity index (χ0) is 18.1. The second-order valence-electron chi connectivity index (χ2n) is 6.20. The first-order valence-electron chi connectivity index (χ1n) is 8.99. The summed E-state index contributed by atoms with van der Waals surface area (Å²) in [4.78, 5) is 5.04. The highest BCUT2D eigenvalue weighted by Gasteiger charge is 2.21. The Hall–Kier alpha value is -1.21. The van der Waals surface area contributed by atoms with Gasteiger partial charge in [-0.05, 0) is 44.1 Å². The van der Waals surface area contributed by atoms with Crippen molar-refractivity contribution in [3.63, 3.8) is 0 Å². The number of hydrogen-bond donors (Lipinski definition) is 2. The predicted molar refractivity (Wildman–Crippen MR) is 107 cm³/mol. The van der Waals surface area contributed by atoms with Gasteiger partial charge in [-0.25, -0.2) is 8.42 Å². The largest absolute Gasteiger partial charge is 0.357 e. The molecule has 0 amide bonds. The third-order valence-corrected chi connectivity index (χ3v) is 7.39. The van der Waals surface area contributed by atoms with E-state index < -0.39 is 9.84 Å². The van der Waals surface area contributed by atoms with Crippen molar-refractivity contribution in [2.24, 2.45) is 4.99 Å². The third kappa shape index (κ3) is 6.55. The molecular formula is C18H29N3O2S2. The Morgan fingerprint density at radius 2 is 2.08 bits per heavy atom. The zero-order valence-corrected chi connectivity index (χ0v) is 16.7. The molecule has 0 aromatic heterocycles. The van der Waals surface area contributed by atoms with E-state index in [1.54, 1.807) is 24.3 Å². The van der Waals surface area contributed by atoms with Crippen LogP contribution in [0.1, 0.15) is 33.1 Å². The fraction of sp³-hybridized carbons (Fsp3) is 0.611. The van der Waals surface area contributed by atoms with E-state index in [0.29, 0.717) is 22.5 Å². The predicted octanol–water partition coefficient (Wildman–Crippen LogP) is 2.69. The molecule has 1 fully saturated rings. The molecule has 140 valence electrons. The summed E-state index contributed by atoms with van der Waals surface area (Å²) in [5.74, 6) is 2.00. The monoisotopic (exact) mass is 383 g/mol. The van der Waals surface area contributed by atoms with Gasteiger partial charge >= 0.3 is 0 Å². The molecular weight excluding hydrogens is 354 g/mol. The minimum atomic E-state index is -3.31. The molecule has 0 saturated carbocycles. The highest BCUT2D eigenvalue weighted by Crippen LogP contribution is 2.26. The number of sulfone groups is 1. The first kappa shape index (κ1) is 20.1. The van der Waals surface area contributed by atoms with Crippen molar-refractivity contribution in [2.75, 3.05) is 24.6 Å². The van der Waals surface area contributed by atoms with Crippen LogP contribution in [0.4, 0.5) is 0 Å². The van der Waals surface area contributed by atoms with Gasteiger partial charge in [0.25, 0.3) is 0 Å². The maximum Gasteiger partial charge on any atom is 0.191 e. The molecule has 1 aliphatic rings. The van der Waals surface area contributed by atoms with Crippen LogP contribution in [-0.4, -0.2) is 50.3 Å². The van der Waals surface area contributed by atoms with Gasteiger partial charge in [-0.1, -0.05) is 25.1 Å². The molecule has 0 bridgehead atoms. The number of benzene rings is 1. The van der Waals surface area contributed by atoms with E-state index in [1.807, 2.05) is 31.7 Å². The van der Waals surface area contributed by atoms with Crippen LogP contribution in [0, 0.1) is 0 Å². The van der Waals surface area contributed by atoms with E-state index in [-0.39, 0.29) is 11.8 Å². The molecule has 2 unspecified atom stereocenters. The Balaban J connectivity index is 2.00. The fourth-order valence-corrected chi connectivity index (χ4v) is 5.54. The Morgan fingerprint density at radius 3 is 2.68 bits per heavy atom. The van der Waals surface area contributed by atoms with Gasteiger partial charge in [-0.3, -0.25) is 4.99 Å². The van der Waals surface area contributed by atoms with Gasteiger partial charge in [0.05, 0.1) is 17.2 Å². The SMILES string of the molecule is CCNC(=NCC1CCCS1)NC(CC)CS(=O)(=O)c1ccccc1. The van der Waals surface area contributed by atoms with E-state index in [9.17, 15) is 8.42 Å². The quantitative estimate of drug-likeness (QED) is 0.533. The first-order valence-corrected chi connectivity index (χ1v) is 11.7. The minimum Gasteiger partial charge on any atom is -0.357 e. The van der Waals surface area contributed by atoms with Crippen LogP contribution in [0.2, 0.25) is 0 Å². The average Bonchev–Trinajstić information content (AvgIpc) is 3.13. The van der Waals surface area contributed by atoms with Gasteiger partial charge in [0, 0.05) is 17.8 Å². The number of nitrogens with zero attached hydrogens (tertiary/aromatic N) is 1. The number of aliphatic imine (C=N–C) groups is 1. The van der Waals surface area contributed by atoms with E-state index >= 15 is 0 Å². The third-order valence-electron chi connectivity index (χ3n) is 4.18. The van der Waals surface area contributed by atoms with Gasteiger partial charge in [0.15, 0.2) is 15.8 Å². The van der Waals surface area contributed by atoms with Crippen molar-refractivity contribution in [2.45, 2.75) is 49.3 Å². The molecule has 2 rings (SSSR count). The maximum atomic E-state index is 12.6. The highest BCUT2D eigenvalue weighted by molar-refractivity contribution is 8.00. The minimum absolute atomic E-state index is 0.0656. The molecule has 0 spiro atoms. The van der Waals surface area contributed by atoms with Crippen molar-refractivity contribution < 1.29 is 8.42 Å². The van der Waals surface area contributed by atoms with Crippen LogP contribution in [0.5, 0.6) is 0 Å².